The zero-order chi connectivity index (χ0) is 20.8. The number of hydrogen-bond donors (Lipinski definition) is 1. The van der Waals surface area contributed by atoms with Gasteiger partial charge in [0.25, 0.3) is 5.91 Å². The lowest BCUT2D eigenvalue weighted by Gasteiger charge is -2.18. The third kappa shape index (κ3) is 5.60. The number of carbonyl (C=O) groups excluding carboxylic acids is 2. The maximum absolute atomic E-state index is 12.3. The van der Waals surface area contributed by atoms with Crippen LogP contribution >= 0.6 is 0 Å². The van der Waals surface area contributed by atoms with Crippen LogP contribution in [0.4, 0.5) is 5.69 Å². The predicted octanol–water partition coefficient (Wildman–Crippen LogP) is 4.16. The van der Waals surface area contributed by atoms with Gasteiger partial charge >= 0.3 is 5.97 Å². The highest BCUT2D eigenvalue weighted by Gasteiger charge is 2.17. The van der Waals surface area contributed by atoms with Crippen molar-refractivity contribution in [1.29, 1.82) is 0 Å². The highest BCUT2D eigenvalue weighted by Crippen LogP contribution is 2.31. The summed E-state index contributed by atoms with van der Waals surface area (Å²) >= 11 is 0. The molecule has 0 fully saturated rings. The molecule has 1 heterocycles. The Labute approximate surface area is 170 Å². The molecule has 2 aromatic carbocycles. The van der Waals surface area contributed by atoms with Crippen molar-refractivity contribution < 1.29 is 23.8 Å². The molecule has 1 N–H and O–H groups in total. The van der Waals surface area contributed by atoms with E-state index in [9.17, 15) is 9.59 Å². The summed E-state index contributed by atoms with van der Waals surface area (Å²) < 4.78 is 16.2. The van der Waals surface area contributed by atoms with E-state index >= 15 is 0 Å². The lowest BCUT2D eigenvalue weighted by Crippen LogP contribution is -2.29. The van der Waals surface area contributed by atoms with E-state index in [1.807, 2.05) is 30.3 Å². The largest absolute Gasteiger partial charge is 0.486 e. The number of rotatable bonds is 6. The molecule has 1 aliphatic heterocycles. The Morgan fingerprint density at radius 1 is 1.00 bits per heavy atom. The summed E-state index contributed by atoms with van der Waals surface area (Å²) in [5.41, 5.74) is 2.62. The molecule has 1 atom stereocenters. The minimum atomic E-state index is -0.919. The van der Waals surface area contributed by atoms with E-state index in [1.54, 1.807) is 18.2 Å². The van der Waals surface area contributed by atoms with Crippen molar-refractivity contribution in [2.75, 3.05) is 18.5 Å². The van der Waals surface area contributed by atoms with Gasteiger partial charge in [-0.05, 0) is 54.3 Å². The predicted molar refractivity (Wildman–Crippen MR) is 111 cm³/mol. The minimum Gasteiger partial charge on any atom is -0.486 e. The molecular formula is C23H25NO5. The van der Waals surface area contributed by atoms with Crippen LogP contribution in [-0.4, -0.2) is 31.2 Å². The first-order chi connectivity index (χ1) is 13.9. The van der Waals surface area contributed by atoms with E-state index < -0.39 is 12.1 Å². The summed E-state index contributed by atoms with van der Waals surface area (Å²) in [6.45, 7) is 6.76. The lowest BCUT2D eigenvalue weighted by molar-refractivity contribution is -0.148. The van der Waals surface area contributed by atoms with Gasteiger partial charge < -0.3 is 19.5 Å². The third-order valence-corrected chi connectivity index (χ3v) is 4.49. The smallest absolute Gasteiger partial charge is 0.331 e. The van der Waals surface area contributed by atoms with Crippen LogP contribution in [0.3, 0.4) is 0 Å². The summed E-state index contributed by atoms with van der Waals surface area (Å²) in [6.07, 6.45) is 1.97. The highest BCUT2D eigenvalue weighted by atomic mass is 16.6. The van der Waals surface area contributed by atoms with E-state index in [-0.39, 0.29) is 5.91 Å². The molecule has 0 saturated heterocycles. The molecule has 0 saturated carbocycles. The van der Waals surface area contributed by atoms with Gasteiger partial charge in [-0.25, -0.2) is 4.79 Å². The second-order valence-electron chi connectivity index (χ2n) is 7.08. The Hall–Kier alpha value is -3.28. The fraction of sp³-hybridized carbons (Fsp3) is 0.304. The van der Waals surface area contributed by atoms with E-state index in [0.717, 1.165) is 5.56 Å². The van der Waals surface area contributed by atoms with Gasteiger partial charge in [0.15, 0.2) is 17.6 Å². The fourth-order valence-corrected chi connectivity index (χ4v) is 2.79. The zero-order valence-electron chi connectivity index (χ0n) is 16.8. The first kappa shape index (κ1) is 20.5. The fourth-order valence-electron chi connectivity index (χ4n) is 2.79. The van der Waals surface area contributed by atoms with Gasteiger partial charge in [-0.1, -0.05) is 32.0 Å². The van der Waals surface area contributed by atoms with Gasteiger partial charge in [-0.2, -0.15) is 0 Å². The summed E-state index contributed by atoms with van der Waals surface area (Å²) in [5.74, 6) is 0.757. The second-order valence-corrected chi connectivity index (χ2v) is 7.08. The molecular weight excluding hydrogens is 370 g/mol. The molecule has 0 spiro atoms. The molecule has 0 aliphatic carbocycles. The van der Waals surface area contributed by atoms with Crippen LogP contribution in [0.5, 0.6) is 11.5 Å². The van der Waals surface area contributed by atoms with Crippen LogP contribution in [0, 0.1) is 0 Å². The molecule has 6 nitrogen and oxygen atoms in total. The van der Waals surface area contributed by atoms with Crippen LogP contribution < -0.4 is 14.8 Å². The number of esters is 1. The molecule has 29 heavy (non-hydrogen) atoms. The Kier molecular flexibility index (Phi) is 6.54. The van der Waals surface area contributed by atoms with E-state index in [4.69, 9.17) is 14.2 Å². The van der Waals surface area contributed by atoms with Crippen molar-refractivity contribution >= 4 is 23.6 Å². The molecule has 6 heteroatoms. The van der Waals surface area contributed by atoms with Crippen LogP contribution in [0.1, 0.15) is 37.8 Å². The third-order valence-electron chi connectivity index (χ3n) is 4.49. The molecule has 2 aromatic rings. The van der Waals surface area contributed by atoms with E-state index in [0.29, 0.717) is 36.3 Å². The maximum Gasteiger partial charge on any atom is 0.331 e. The molecule has 0 radical (unpaired) electrons. The van der Waals surface area contributed by atoms with Crippen LogP contribution in [-0.2, 0) is 14.3 Å². The Morgan fingerprint density at radius 3 is 2.38 bits per heavy atom. The van der Waals surface area contributed by atoms with E-state index in [1.165, 1.54) is 18.6 Å². The first-order valence-electron chi connectivity index (χ1n) is 9.61. The standard InChI is InChI=1S/C23H25NO5/c1-15(2)18-6-8-19(9-7-18)24-23(26)16(3)29-22(25)11-5-17-4-10-20-21(14-17)28-13-12-27-20/h4-11,14-16H,12-13H2,1-3H3,(H,24,26)/b11-5+/t16-/m1/s1. The quantitative estimate of drug-likeness (QED) is 0.587. The molecule has 3 rings (SSSR count). The van der Waals surface area contributed by atoms with Crippen LogP contribution in [0.15, 0.2) is 48.5 Å². The lowest BCUT2D eigenvalue weighted by atomic mass is 10.0. The molecule has 0 aromatic heterocycles. The molecule has 0 unspecified atom stereocenters. The highest BCUT2D eigenvalue weighted by molar-refractivity contribution is 5.96. The minimum absolute atomic E-state index is 0.386. The normalized spacial score (nSPS) is 13.9. The Balaban J connectivity index is 1.52. The second kappa shape index (κ2) is 9.28. The number of hydrogen-bond acceptors (Lipinski definition) is 5. The van der Waals surface area contributed by atoms with Crippen molar-refractivity contribution in [1.82, 2.24) is 0 Å². The van der Waals surface area contributed by atoms with Gasteiger partial charge in [0, 0.05) is 11.8 Å². The zero-order valence-corrected chi connectivity index (χ0v) is 16.8. The van der Waals surface area contributed by atoms with Gasteiger partial charge in [-0.3, -0.25) is 4.79 Å². The maximum atomic E-state index is 12.3. The number of ether oxygens (including phenoxy) is 3. The Morgan fingerprint density at radius 2 is 1.69 bits per heavy atom. The van der Waals surface area contributed by atoms with Crippen molar-refractivity contribution in [2.24, 2.45) is 0 Å². The first-order valence-corrected chi connectivity index (χ1v) is 9.61. The number of carbonyl (C=O) groups is 2. The summed E-state index contributed by atoms with van der Waals surface area (Å²) in [7, 11) is 0. The van der Waals surface area contributed by atoms with Crippen molar-refractivity contribution in [3.63, 3.8) is 0 Å². The molecule has 0 bridgehead atoms. The Bertz CT molecular complexity index is 902. The van der Waals surface area contributed by atoms with Crippen LogP contribution in [0.25, 0.3) is 6.08 Å². The number of fused-ring (bicyclic) bond motifs is 1. The van der Waals surface area contributed by atoms with Crippen molar-refractivity contribution in [2.45, 2.75) is 32.8 Å². The SMILES string of the molecule is CC(C)c1ccc(NC(=O)[C@@H](C)OC(=O)/C=C/c2ccc3c(c2)OCCO3)cc1. The molecule has 1 amide bonds. The van der Waals surface area contributed by atoms with Crippen LogP contribution in [0.2, 0.25) is 0 Å². The number of amides is 1. The molecule has 152 valence electrons. The van der Waals surface area contributed by atoms with Gasteiger partial charge in [0.2, 0.25) is 0 Å². The summed E-state index contributed by atoms with van der Waals surface area (Å²) in [5, 5.41) is 2.75. The number of anilines is 1. The van der Waals surface area contributed by atoms with Crippen molar-refractivity contribution in [3.05, 3.63) is 59.7 Å². The monoisotopic (exact) mass is 395 g/mol. The average Bonchev–Trinajstić information content (AvgIpc) is 2.72. The van der Waals surface area contributed by atoms with E-state index in [2.05, 4.69) is 19.2 Å². The summed E-state index contributed by atoms with van der Waals surface area (Å²) in [4.78, 5) is 24.3. The van der Waals surface area contributed by atoms with Gasteiger partial charge in [-0.15, -0.1) is 0 Å². The topological polar surface area (TPSA) is 73.9 Å². The summed E-state index contributed by atoms with van der Waals surface area (Å²) in [6, 6.07) is 13.0. The van der Waals surface area contributed by atoms with Gasteiger partial charge in [0.1, 0.15) is 13.2 Å². The number of benzene rings is 2. The van der Waals surface area contributed by atoms with Crippen molar-refractivity contribution in [3.8, 4) is 11.5 Å². The van der Waals surface area contributed by atoms with Gasteiger partial charge in [0.05, 0.1) is 0 Å². The average molecular weight is 395 g/mol. The molecule has 1 aliphatic rings. The number of nitrogens with one attached hydrogen (secondary N) is 1.